The summed E-state index contributed by atoms with van der Waals surface area (Å²) >= 11 is 0. The van der Waals surface area contributed by atoms with E-state index in [0.717, 1.165) is 0 Å². The second-order valence-corrected chi connectivity index (χ2v) is 7.75. The van der Waals surface area contributed by atoms with Gasteiger partial charge in [0.05, 0.1) is 0 Å². The predicted octanol–water partition coefficient (Wildman–Crippen LogP) is 8.42. The van der Waals surface area contributed by atoms with Crippen molar-refractivity contribution in [2.75, 3.05) is 0 Å². The fraction of sp³-hybridized carbons (Fsp3) is 0.370. The molecule has 0 saturated carbocycles. The number of aliphatic imine (C=N–C) groups is 1. The first-order chi connectivity index (χ1) is 13.5. The third-order valence-corrected chi connectivity index (χ3v) is 5.61. The predicted molar refractivity (Wildman–Crippen MR) is 127 cm³/mol. The van der Waals surface area contributed by atoms with Crippen molar-refractivity contribution in [3.8, 4) is 11.1 Å². The van der Waals surface area contributed by atoms with Crippen molar-refractivity contribution in [2.24, 2.45) is 10.9 Å². The van der Waals surface area contributed by atoms with Crippen molar-refractivity contribution in [2.45, 2.75) is 60.8 Å². The molecule has 0 amide bonds. The van der Waals surface area contributed by atoms with Gasteiger partial charge in [0.15, 0.2) is 0 Å². The molecule has 0 bridgehead atoms. The molecule has 0 fully saturated rings. The van der Waals surface area contributed by atoms with Gasteiger partial charge in [-0.05, 0) is 73.4 Å². The quantitative estimate of drug-likeness (QED) is 0.412. The highest BCUT2D eigenvalue weighted by molar-refractivity contribution is 5.85. The smallest absolute Gasteiger partial charge is 0.0302 e. The van der Waals surface area contributed by atoms with Crippen LogP contribution in [0.4, 0.5) is 0 Å². The van der Waals surface area contributed by atoms with Crippen LogP contribution in [-0.4, -0.2) is 5.71 Å². The minimum absolute atomic E-state index is 0.556. The Hall–Kier alpha value is -2.41. The molecule has 2 aromatic carbocycles. The van der Waals surface area contributed by atoms with E-state index < -0.39 is 0 Å². The number of unbranched alkanes of at least 4 members (excludes halogenated alkanes) is 1. The number of allylic oxidation sites excluding steroid dienone is 3. The first-order valence-electron chi connectivity index (χ1n) is 10.5. The molecular formula is C27H35N. The lowest BCUT2D eigenvalue weighted by atomic mass is 9.98. The summed E-state index contributed by atoms with van der Waals surface area (Å²) in [6.07, 6.45) is 7.90. The maximum Gasteiger partial charge on any atom is 0.0302 e. The second-order valence-electron chi connectivity index (χ2n) is 7.75. The van der Waals surface area contributed by atoms with Gasteiger partial charge in [0.1, 0.15) is 0 Å². The van der Waals surface area contributed by atoms with Gasteiger partial charge in [-0.1, -0.05) is 81.3 Å². The van der Waals surface area contributed by atoms with Gasteiger partial charge < -0.3 is 0 Å². The zero-order valence-electron chi connectivity index (χ0n) is 18.4. The molecule has 28 heavy (non-hydrogen) atoms. The van der Waals surface area contributed by atoms with Crippen LogP contribution < -0.4 is 0 Å². The van der Waals surface area contributed by atoms with E-state index in [4.69, 9.17) is 4.99 Å². The average Bonchev–Trinajstić information content (AvgIpc) is 2.75. The largest absolute Gasteiger partial charge is 0.265 e. The van der Waals surface area contributed by atoms with Crippen molar-refractivity contribution >= 4 is 16.9 Å². The summed E-state index contributed by atoms with van der Waals surface area (Å²) in [6.45, 7) is 13.0. The fourth-order valence-corrected chi connectivity index (χ4v) is 3.14. The molecule has 0 heterocycles. The normalized spacial score (nSPS) is 14.3. The Labute approximate surface area is 171 Å². The van der Waals surface area contributed by atoms with E-state index >= 15 is 0 Å². The SMILES string of the molecule is C/C=C(\C)c1ccc(-c2ccc(/C(C)=C/N=C(C)[C@@H](C)CCCC)cc2)cc1. The second kappa shape index (κ2) is 10.8. The van der Waals surface area contributed by atoms with Crippen LogP contribution in [0.25, 0.3) is 22.3 Å². The van der Waals surface area contributed by atoms with Gasteiger partial charge in [-0.15, -0.1) is 0 Å². The number of hydrogen-bond donors (Lipinski definition) is 0. The fourth-order valence-electron chi connectivity index (χ4n) is 3.14. The number of hydrogen-bond acceptors (Lipinski definition) is 1. The molecule has 2 rings (SSSR count). The molecular weight excluding hydrogens is 338 g/mol. The molecule has 1 heteroatoms. The van der Waals surface area contributed by atoms with E-state index in [1.54, 1.807) is 0 Å². The number of nitrogens with zero attached hydrogens (tertiary/aromatic N) is 1. The first kappa shape index (κ1) is 21.9. The van der Waals surface area contributed by atoms with Crippen LogP contribution in [0.15, 0.2) is 65.8 Å². The van der Waals surface area contributed by atoms with E-state index in [-0.39, 0.29) is 0 Å². The highest BCUT2D eigenvalue weighted by Crippen LogP contribution is 2.24. The van der Waals surface area contributed by atoms with Gasteiger partial charge in [0, 0.05) is 11.9 Å². The first-order valence-corrected chi connectivity index (χ1v) is 10.5. The monoisotopic (exact) mass is 373 g/mol. The topological polar surface area (TPSA) is 12.4 Å². The Morgan fingerprint density at radius 3 is 1.82 bits per heavy atom. The van der Waals surface area contributed by atoms with Crippen LogP contribution in [0.5, 0.6) is 0 Å². The van der Waals surface area contributed by atoms with Crippen molar-refractivity contribution < 1.29 is 0 Å². The van der Waals surface area contributed by atoms with Gasteiger partial charge in [-0.2, -0.15) is 0 Å². The molecule has 1 atom stereocenters. The lowest BCUT2D eigenvalue weighted by Gasteiger charge is -2.10. The van der Waals surface area contributed by atoms with Crippen molar-refractivity contribution in [3.63, 3.8) is 0 Å². The van der Waals surface area contributed by atoms with Crippen LogP contribution in [0.2, 0.25) is 0 Å². The van der Waals surface area contributed by atoms with Crippen LogP contribution in [0.1, 0.15) is 71.9 Å². The molecule has 0 aliphatic carbocycles. The summed E-state index contributed by atoms with van der Waals surface area (Å²) in [4.78, 5) is 4.72. The molecule has 148 valence electrons. The summed E-state index contributed by atoms with van der Waals surface area (Å²) in [5.41, 5.74) is 8.73. The summed E-state index contributed by atoms with van der Waals surface area (Å²) in [5.74, 6) is 0.556. The Kier molecular flexibility index (Phi) is 8.44. The van der Waals surface area contributed by atoms with E-state index in [1.165, 1.54) is 58.4 Å². The Bertz CT molecular complexity index is 833. The Morgan fingerprint density at radius 2 is 1.36 bits per heavy atom. The summed E-state index contributed by atoms with van der Waals surface area (Å²) in [7, 11) is 0. The van der Waals surface area contributed by atoms with Crippen molar-refractivity contribution in [3.05, 3.63) is 71.9 Å². The van der Waals surface area contributed by atoms with Gasteiger partial charge in [-0.3, -0.25) is 4.99 Å². The van der Waals surface area contributed by atoms with Crippen molar-refractivity contribution in [1.82, 2.24) is 0 Å². The molecule has 1 nitrogen and oxygen atoms in total. The minimum Gasteiger partial charge on any atom is -0.265 e. The van der Waals surface area contributed by atoms with Crippen LogP contribution in [-0.2, 0) is 0 Å². The number of benzene rings is 2. The molecule has 0 aromatic heterocycles. The minimum atomic E-state index is 0.556. The molecule has 0 unspecified atom stereocenters. The number of rotatable bonds is 8. The zero-order valence-corrected chi connectivity index (χ0v) is 18.4. The highest BCUT2D eigenvalue weighted by atomic mass is 14.7. The van der Waals surface area contributed by atoms with Gasteiger partial charge in [0.25, 0.3) is 0 Å². The van der Waals surface area contributed by atoms with Crippen molar-refractivity contribution in [1.29, 1.82) is 0 Å². The molecule has 0 saturated heterocycles. The molecule has 0 N–H and O–H groups in total. The molecule has 0 spiro atoms. The van der Waals surface area contributed by atoms with Gasteiger partial charge in [0.2, 0.25) is 0 Å². The maximum absolute atomic E-state index is 4.72. The summed E-state index contributed by atoms with van der Waals surface area (Å²) in [6, 6.07) is 17.6. The molecule has 2 aromatic rings. The standard InChI is InChI=1S/C27H35N/c1-7-9-10-21(4)23(6)28-19-22(5)25-13-17-27(18-14-25)26-15-11-24(12-16-26)20(3)8-2/h8,11-19,21H,7,9-10H2,1-6H3/b20-8+,22-19+,28-23?/t21-/m0/s1. The van der Waals surface area contributed by atoms with Gasteiger partial charge >= 0.3 is 0 Å². The summed E-state index contributed by atoms with van der Waals surface area (Å²) in [5, 5.41) is 0. The Balaban J connectivity index is 2.11. The molecule has 0 aliphatic rings. The lowest BCUT2D eigenvalue weighted by Crippen LogP contribution is -2.06. The average molecular weight is 374 g/mol. The third kappa shape index (κ3) is 6.05. The zero-order chi connectivity index (χ0) is 20.5. The van der Waals surface area contributed by atoms with Crippen LogP contribution >= 0.6 is 0 Å². The van der Waals surface area contributed by atoms with E-state index in [2.05, 4.69) is 96.1 Å². The summed E-state index contributed by atoms with van der Waals surface area (Å²) < 4.78 is 0. The molecule has 0 aliphatic heterocycles. The van der Waals surface area contributed by atoms with Crippen LogP contribution in [0.3, 0.4) is 0 Å². The van der Waals surface area contributed by atoms with E-state index in [9.17, 15) is 0 Å². The van der Waals surface area contributed by atoms with E-state index in [0.29, 0.717) is 5.92 Å². The van der Waals surface area contributed by atoms with Crippen LogP contribution in [0, 0.1) is 5.92 Å². The van der Waals surface area contributed by atoms with Gasteiger partial charge in [-0.25, -0.2) is 0 Å². The lowest BCUT2D eigenvalue weighted by molar-refractivity contribution is 0.622. The highest BCUT2D eigenvalue weighted by Gasteiger charge is 2.05. The molecule has 0 radical (unpaired) electrons. The van der Waals surface area contributed by atoms with E-state index in [1.807, 2.05) is 6.20 Å². The maximum atomic E-state index is 4.72. The Morgan fingerprint density at radius 1 is 0.857 bits per heavy atom. The third-order valence-electron chi connectivity index (χ3n) is 5.61.